The molecule has 0 amide bonds. The zero-order valence-electron chi connectivity index (χ0n) is 10.9. The summed E-state index contributed by atoms with van der Waals surface area (Å²) in [5, 5.41) is 23.2. The maximum Gasteiger partial charge on any atom is 0.138 e. The minimum atomic E-state index is -0.572. The van der Waals surface area contributed by atoms with E-state index in [-0.39, 0.29) is 5.75 Å². The van der Waals surface area contributed by atoms with Gasteiger partial charge in [-0.3, -0.25) is 4.98 Å². The molecule has 1 heterocycles. The van der Waals surface area contributed by atoms with Gasteiger partial charge in [0.05, 0.1) is 11.3 Å². The lowest BCUT2D eigenvalue weighted by atomic mass is 9.85. The zero-order valence-corrected chi connectivity index (χ0v) is 10.9. The minimum Gasteiger partial charge on any atom is -0.506 e. The summed E-state index contributed by atoms with van der Waals surface area (Å²) in [6, 6.07) is 3.45. The molecule has 0 atom stereocenters. The number of nitrogens with one attached hydrogen (secondary N) is 1. The van der Waals surface area contributed by atoms with Crippen LogP contribution >= 0.6 is 0 Å². The lowest BCUT2D eigenvalue weighted by Gasteiger charge is -2.32. The average molecular weight is 250 g/mol. The Morgan fingerprint density at radius 2 is 2.00 bits per heavy atom. The molecule has 1 aromatic rings. The lowest BCUT2D eigenvalue weighted by Crippen LogP contribution is -2.42. The van der Waals surface area contributed by atoms with Crippen LogP contribution in [-0.4, -0.2) is 27.3 Å². The summed E-state index contributed by atoms with van der Waals surface area (Å²) in [6.07, 6.45) is 5.17. The van der Waals surface area contributed by atoms with Gasteiger partial charge >= 0.3 is 0 Å². The van der Waals surface area contributed by atoms with Crippen molar-refractivity contribution >= 4 is 0 Å². The van der Waals surface area contributed by atoms with E-state index in [0.717, 1.165) is 31.4 Å². The van der Waals surface area contributed by atoms with Crippen LogP contribution in [0.5, 0.6) is 5.75 Å². The lowest BCUT2D eigenvalue weighted by molar-refractivity contribution is 0.00457. The van der Waals surface area contributed by atoms with Gasteiger partial charge in [-0.15, -0.1) is 0 Å². The van der Waals surface area contributed by atoms with E-state index in [0.29, 0.717) is 18.8 Å². The normalized spacial score (nSPS) is 18.8. The van der Waals surface area contributed by atoms with Crippen LogP contribution < -0.4 is 5.32 Å². The van der Waals surface area contributed by atoms with Crippen LogP contribution in [0, 0.1) is 6.92 Å². The first-order chi connectivity index (χ1) is 8.59. The van der Waals surface area contributed by atoms with Gasteiger partial charge in [-0.2, -0.15) is 0 Å². The van der Waals surface area contributed by atoms with Crippen molar-refractivity contribution < 1.29 is 10.2 Å². The molecule has 2 rings (SSSR count). The number of aromatic nitrogens is 1. The van der Waals surface area contributed by atoms with E-state index < -0.39 is 5.60 Å². The van der Waals surface area contributed by atoms with Crippen molar-refractivity contribution in [1.82, 2.24) is 10.3 Å². The third-order valence-corrected chi connectivity index (χ3v) is 3.62. The van der Waals surface area contributed by atoms with Crippen LogP contribution in [0.3, 0.4) is 0 Å². The first kappa shape index (κ1) is 13.3. The number of pyridine rings is 1. The molecule has 0 spiro atoms. The van der Waals surface area contributed by atoms with E-state index in [1.807, 2.05) is 6.92 Å². The second-order valence-corrected chi connectivity index (χ2v) is 5.31. The number of aliphatic hydroxyl groups is 1. The van der Waals surface area contributed by atoms with Gasteiger partial charge in [-0.05, 0) is 31.9 Å². The highest BCUT2D eigenvalue weighted by Gasteiger charge is 2.28. The van der Waals surface area contributed by atoms with Crippen LogP contribution in [0.15, 0.2) is 12.1 Å². The number of aromatic hydroxyl groups is 1. The van der Waals surface area contributed by atoms with Gasteiger partial charge in [0.2, 0.25) is 0 Å². The molecule has 4 heteroatoms. The van der Waals surface area contributed by atoms with E-state index in [9.17, 15) is 10.2 Å². The van der Waals surface area contributed by atoms with Gasteiger partial charge in [-0.25, -0.2) is 0 Å². The minimum absolute atomic E-state index is 0.212. The molecule has 0 bridgehead atoms. The summed E-state index contributed by atoms with van der Waals surface area (Å²) in [7, 11) is 0. The van der Waals surface area contributed by atoms with Crippen LogP contribution in [-0.2, 0) is 6.54 Å². The molecular formula is C14H22N2O2. The largest absolute Gasteiger partial charge is 0.506 e. The van der Waals surface area contributed by atoms with E-state index in [1.54, 1.807) is 12.1 Å². The number of rotatable bonds is 4. The zero-order chi connectivity index (χ0) is 13.0. The van der Waals surface area contributed by atoms with Gasteiger partial charge in [0.15, 0.2) is 0 Å². The average Bonchev–Trinajstić information content (AvgIpc) is 2.34. The fourth-order valence-electron chi connectivity index (χ4n) is 2.53. The molecule has 1 aliphatic carbocycles. The number of hydrogen-bond donors (Lipinski definition) is 3. The Bertz CT molecular complexity index is 401. The maximum atomic E-state index is 10.3. The summed E-state index contributed by atoms with van der Waals surface area (Å²) in [4.78, 5) is 4.28. The van der Waals surface area contributed by atoms with Crippen LogP contribution in [0.4, 0.5) is 0 Å². The quantitative estimate of drug-likeness (QED) is 0.763. The van der Waals surface area contributed by atoms with Crippen molar-refractivity contribution in [3.05, 3.63) is 23.5 Å². The van der Waals surface area contributed by atoms with E-state index >= 15 is 0 Å². The summed E-state index contributed by atoms with van der Waals surface area (Å²) < 4.78 is 0. The second kappa shape index (κ2) is 5.67. The third kappa shape index (κ3) is 3.43. The summed E-state index contributed by atoms with van der Waals surface area (Å²) in [5.74, 6) is 0.212. The summed E-state index contributed by atoms with van der Waals surface area (Å²) >= 11 is 0. The molecule has 1 aromatic heterocycles. The van der Waals surface area contributed by atoms with E-state index in [2.05, 4.69) is 10.3 Å². The molecule has 0 radical (unpaired) electrons. The fraction of sp³-hybridized carbons (Fsp3) is 0.643. The Kier molecular flexibility index (Phi) is 4.19. The topological polar surface area (TPSA) is 65.4 Å². The van der Waals surface area contributed by atoms with Gasteiger partial charge < -0.3 is 15.5 Å². The van der Waals surface area contributed by atoms with Gasteiger partial charge in [0.1, 0.15) is 5.75 Å². The number of aryl methyl sites for hydroxylation is 1. The maximum absolute atomic E-state index is 10.3. The molecule has 0 saturated heterocycles. The standard InChI is InChI=1S/C14H22N2O2/c1-11-5-6-13(17)12(16-11)9-15-10-14(18)7-3-2-4-8-14/h5-6,15,17-18H,2-4,7-10H2,1H3. The summed E-state index contributed by atoms with van der Waals surface area (Å²) in [5.41, 5.74) is 0.966. The Hall–Kier alpha value is -1.13. The van der Waals surface area contributed by atoms with E-state index in [1.165, 1.54) is 6.42 Å². The van der Waals surface area contributed by atoms with Gasteiger partial charge in [0, 0.05) is 18.8 Å². The Morgan fingerprint density at radius 3 is 2.72 bits per heavy atom. The first-order valence-corrected chi connectivity index (χ1v) is 6.68. The number of nitrogens with zero attached hydrogens (tertiary/aromatic N) is 1. The molecule has 0 aliphatic heterocycles. The van der Waals surface area contributed by atoms with Crippen molar-refractivity contribution in [1.29, 1.82) is 0 Å². The Balaban J connectivity index is 1.86. The third-order valence-electron chi connectivity index (χ3n) is 3.62. The molecule has 0 aromatic carbocycles. The molecule has 18 heavy (non-hydrogen) atoms. The Morgan fingerprint density at radius 1 is 1.28 bits per heavy atom. The van der Waals surface area contributed by atoms with Crippen molar-refractivity contribution in [2.75, 3.05) is 6.54 Å². The fourth-order valence-corrected chi connectivity index (χ4v) is 2.53. The molecule has 0 unspecified atom stereocenters. The number of hydrogen-bond acceptors (Lipinski definition) is 4. The highest BCUT2D eigenvalue weighted by Crippen LogP contribution is 2.27. The Labute approximate surface area is 108 Å². The predicted molar refractivity (Wildman–Crippen MR) is 70.4 cm³/mol. The smallest absolute Gasteiger partial charge is 0.138 e. The van der Waals surface area contributed by atoms with E-state index in [4.69, 9.17) is 0 Å². The molecule has 1 aliphatic rings. The second-order valence-electron chi connectivity index (χ2n) is 5.31. The molecular weight excluding hydrogens is 228 g/mol. The van der Waals surface area contributed by atoms with Crippen molar-refractivity contribution in [2.24, 2.45) is 0 Å². The van der Waals surface area contributed by atoms with Crippen LogP contribution in [0.2, 0.25) is 0 Å². The molecule has 1 fully saturated rings. The van der Waals surface area contributed by atoms with Crippen LogP contribution in [0.1, 0.15) is 43.5 Å². The van der Waals surface area contributed by atoms with Crippen molar-refractivity contribution in [3.63, 3.8) is 0 Å². The first-order valence-electron chi connectivity index (χ1n) is 6.68. The molecule has 4 nitrogen and oxygen atoms in total. The highest BCUT2D eigenvalue weighted by molar-refractivity contribution is 5.27. The molecule has 1 saturated carbocycles. The monoisotopic (exact) mass is 250 g/mol. The van der Waals surface area contributed by atoms with Crippen molar-refractivity contribution in [3.8, 4) is 5.75 Å². The van der Waals surface area contributed by atoms with Crippen LogP contribution in [0.25, 0.3) is 0 Å². The highest BCUT2D eigenvalue weighted by atomic mass is 16.3. The SMILES string of the molecule is Cc1ccc(O)c(CNCC2(O)CCCCC2)n1. The van der Waals surface area contributed by atoms with Gasteiger partial charge in [0.25, 0.3) is 0 Å². The summed E-state index contributed by atoms with van der Waals surface area (Å²) in [6.45, 7) is 2.97. The molecule has 100 valence electrons. The molecule has 3 N–H and O–H groups in total. The van der Waals surface area contributed by atoms with Crippen molar-refractivity contribution in [2.45, 2.75) is 51.2 Å². The predicted octanol–water partition coefficient (Wildman–Crippen LogP) is 1.88. The van der Waals surface area contributed by atoms with Gasteiger partial charge in [-0.1, -0.05) is 19.3 Å².